The zero-order valence-electron chi connectivity index (χ0n) is 20.1. The number of hydrogen-bond donors (Lipinski definition) is 0. The van der Waals surface area contributed by atoms with Crippen LogP contribution in [0, 0.1) is 0 Å². The summed E-state index contributed by atoms with van der Waals surface area (Å²) in [6.07, 6.45) is 8.78. The average Bonchev–Trinajstić information content (AvgIpc) is 2.82. The molecular weight excluding hydrogens is 416 g/mol. The third-order valence-electron chi connectivity index (χ3n) is 5.52. The Morgan fingerprint density at radius 3 is 1.88 bits per heavy atom. The molecule has 5 heteroatoms. The lowest BCUT2D eigenvalue weighted by Gasteiger charge is -2.13. The molecule has 2 aromatic carbocycles. The predicted molar refractivity (Wildman–Crippen MR) is 130 cm³/mol. The van der Waals surface area contributed by atoms with Crippen molar-refractivity contribution in [1.29, 1.82) is 0 Å². The molecule has 2 rings (SSSR count). The second-order valence-electron chi connectivity index (χ2n) is 8.44. The molecule has 1 unspecified atom stereocenters. The number of benzene rings is 2. The van der Waals surface area contributed by atoms with Crippen LogP contribution in [0.4, 0.5) is 0 Å². The van der Waals surface area contributed by atoms with Crippen molar-refractivity contribution in [2.45, 2.75) is 84.7 Å². The van der Waals surface area contributed by atoms with Gasteiger partial charge in [-0.2, -0.15) is 0 Å². The first-order chi connectivity index (χ1) is 15.9. The summed E-state index contributed by atoms with van der Waals surface area (Å²) in [7, 11) is 0. The Kier molecular flexibility index (Phi) is 11.4. The van der Waals surface area contributed by atoms with Gasteiger partial charge < -0.3 is 9.47 Å². The lowest BCUT2D eigenvalue weighted by molar-refractivity contribution is 0.0319. The first kappa shape index (κ1) is 26.3. The molecule has 0 N–H and O–H groups in total. The van der Waals surface area contributed by atoms with Crippen LogP contribution < -0.4 is 4.74 Å². The number of Topliss-reactive ketones (excluding diaryl/α,β-unsaturated/α-hetero) is 1. The van der Waals surface area contributed by atoms with E-state index in [9.17, 15) is 14.4 Å². The maximum absolute atomic E-state index is 12.4. The molecular formula is C28H36O5. The van der Waals surface area contributed by atoms with Crippen LogP contribution in [0.15, 0.2) is 48.5 Å². The molecule has 0 saturated heterocycles. The Morgan fingerprint density at radius 2 is 1.24 bits per heavy atom. The fourth-order valence-corrected chi connectivity index (χ4v) is 3.47. The first-order valence-corrected chi connectivity index (χ1v) is 12.1. The molecule has 1 atom stereocenters. The number of rotatable bonds is 14. The minimum atomic E-state index is -0.518. The molecule has 178 valence electrons. The Balaban J connectivity index is 1.85. The van der Waals surface area contributed by atoms with Crippen molar-refractivity contribution in [1.82, 2.24) is 0 Å². The fourth-order valence-electron chi connectivity index (χ4n) is 3.47. The summed E-state index contributed by atoms with van der Waals surface area (Å²) in [6.45, 7) is 6.17. The molecule has 0 spiro atoms. The maximum atomic E-state index is 12.4. The third kappa shape index (κ3) is 9.21. The van der Waals surface area contributed by atoms with E-state index in [-0.39, 0.29) is 17.9 Å². The molecule has 0 aromatic heterocycles. The zero-order chi connectivity index (χ0) is 24.1. The van der Waals surface area contributed by atoms with E-state index in [4.69, 9.17) is 9.47 Å². The lowest BCUT2D eigenvalue weighted by Crippen LogP contribution is -2.15. The number of esters is 2. The summed E-state index contributed by atoms with van der Waals surface area (Å²) >= 11 is 0. The Morgan fingerprint density at radius 1 is 0.697 bits per heavy atom. The van der Waals surface area contributed by atoms with Gasteiger partial charge in [0, 0.05) is 12.0 Å². The van der Waals surface area contributed by atoms with E-state index in [1.807, 2.05) is 6.92 Å². The van der Waals surface area contributed by atoms with Crippen LogP contribution in [-0.2, 0) is 4.74 Å². The van der Waals surface area contributed by atoms with Crippen LogP contribution in [0.5, 0.6) is 5.75 Å². The molecule has 0 radical (unpaired) electrons. The second-order valence-corrected chi connectivity index (χ2v) is 8.44. The van der Waals surface area contributed by atoms with Gasteiger partial charge in [0.05, 0.1) is 17.2 Å². The molecule has 5 nitrogen and oxygen atoms in total. The smallest absolute Gasteiger partial charge is 0.343 e. The van der Waals surface area contributed by atoms with Crippen LogP contribution in [0.2, 0.25) is 0 Å². The Hall–Kier alpha value is -2.95. The van der Waals surface area contributed by atoms with Crippen molar-refractivity contribution in [2.75, 3.05) is 0 Å². The van der Waals surface area contributed by atoms with Crippen molar-refractivity contribution in [2.24, 2.45) is 0 Å². The van der Waals surface area contributed by atoms with E-state index >= 15 is 0 Å². The fraction of sp³-hybridized carbons (Fsp3) is 0.464. The van der Waals surface area contributed by atoms with Gasteiger partial charge in [-0.1, -0.05) is 58.1 Å². The van der Waals surface area contributed by atoms with Gasteiger partial charge in [-0.25, -0.2) is 9.59 Å². The summed E-state index contributed by atoms with van der Waals surface area (Å²) in [4.78, 5) is 36.9. The van der Waals surface area contributed by atoms with Gasteiger partial charge in [-0.15, -0.1) is 0 Å². The van der Waals surface area contributed by atoms with Crippen molar-refractivity contribution in [3.8, 4) is 5.75 Å². The van der Waals surface area contributed by atoms with Crippen molar-refractivity contribution in [3.05, 3.63) is 65.2 Å². The summed E-state index contributed by atoms with van der Waals surface area (Å²) in [5.41, 5.74) is 1.38. The molecule has 0 aliphatic carbocycles. The van der Waals surface area contributed by atoms with Gasteiger partial charge in [-0.3, -0.25) is 4.79 Å². The monoisotopic (exact) mass is 452 g/mol. The highest BCUT2D eigenvalue weighted by Gasteiger charge is 2.14. The highest BCUT2D eigenvalue weighted by molar-refractivity contribution is 5.98. The van der Waals surface area contributed by atoms with E-state index in [1.165, 1.54) is 12.8 Å². The van der Waals surface area contributed by atoms with Crippen LogP contribution in [-0.4, -0.2) is 23.8 Å². The van der Waals surface area contributed by atoms with E-state index in [0.29, 0.717) is 28.9 Å². The van der Waals surface area contributed by atoms with E-state index in [2.05, 4.69) is 13.8 Å². The third-order valence-corrected chi connectivity index (χ3v) is 5.52. The lowest BCUT2D eigenvalue weighted by atomic mass is 10.0. The van der Waals surface area contributed by atoms with E-state index < -0.39 is 5.97 Å². The van der Waals surface area contributed by atoms with Crippen molar-refractivity contribution < 1.29 is 23.9 Å². The molecule has 0 saturated carbocycles. The zero-order valence-corrected chi connectivity index (χ0v) is 20.1. The molecule has 0 aliphatic rings. The van der Waals surface area contributed by atoms with Crippen LogP contribution >= 0.6 is 0 Å². The van der Waals surface area contributed by atoms with E-state index in [1.54, 1.807) is 48.5 Å². The summed E-state index contributed by atoms with van der Waals surface area (Å²) in [5, 5.41) is 0. The largest absolute Gasteiger partial charge is 0.459 e. The molecule has 0 aliphatic heterocycles. The summed E-state index contributed by atoms with van der Waals surface area (Å²) < 4.78 is 10.9. The number of unbranched alkanes of at least 4 members (excludes halogenated alkanes) is 5. The second kappa shape index (κ2) is 14.2. The number of carbonyl (C=O) groups excluding carboxylic acids is 3. The van der Waals surface area contributed by atoms with Gasteiger partial charge in [0.1, 0.15) is 5.75 Å². The van der Waals surface area contributed by atoms with Gasteiger partial charge in [0.25, 0.3) is 0 Å². The van der Waals surface area contributed by atoms with Crippen LogP contribution in [0.3, 0.4) is 0 Å². The quantitative estimate of drug-likeness (QED) is 0.131. The van der Waals surface area contributed by atoms with Gasteiger partial charge >= 0.3 is 11.9 Å². The Labute approximate surface area is 197 Å². The summed E-state index contributed by atoms with van der Waals surface area (Å²) in [5.74, 6) is -0.476. The highest BCUT2D eigenvalue weighted by Crippen LogP contribution is 2.17. The molecule has 33 heavy (non-hydrogen) atoms. The topological polar surface area (TPSA) is 69.7 Å². The van der Waals surface area contributed by atoms with Gasteiger partial charge in [-0.05, 0) is 62.6 Å². The average molecular weight is 453 g/mol. The van der Waals surface area contributed by atoms with E-state index in [0.717, 1.165) is 38.5 Å². The minimum Gasteiger partial charge on any atom is -0.459 e. The normalized spacial score (nSPS) is 11.6. The maximum Gasteiger partial charge on any atom is 0.343 e. The molecule has 0 amide bonds. The number of ketones is 1. The molecule has 0 fully saturated rings. The van der Waals surface area contributed by atoms with Crippen LogP contribution in [0.25, 0.3) is 0 Å². The number of carbonyl (C=O) groups is 3. The summed E-state index contributed by atoms with van der Waals surface area (Å²) in [6, 6.07) is 12.9. The number of ether oxygens (including phenoxy) is 2. The number of hydrogen-bond acceptors (Lipinski definition) is 5. The van der Waals surface area contributed by atoms with Crippen LogP contribution in [0.1, 0.15) is 110 Å². The molecule has 0 bridgehead atoms. The standard InChI is InChI=1S/C28H36O5/c1-4-6-8-10-11-21(3)32-27(30)24-17-19-25(20-18-24)33-28(31)23-15-13-22(14-16-23)26(29)12-9-7-5-2/h13-21H,4-12H2,1-3H3. The van der Waals surface area contributed by atoms with Gasteiger partial charge in [0.15, 0.2) is 5.78 Å². The predicted octanol–water partition coefficient (Wildman–Crippen LogP) is 7.18. The minimum absolute atomic E-state index is 0.0844. The highest BCUT2D eigenvalue weighted by atomic mass is 16.5. The SMILES string of the molecule is CCCCCCC(C)OC(=O)c1ccc(OC(=O)c2ccc(C(=O)CCCCC)cc2)cc1. The molecule has 2 aromatic rings. The first-order valence-electron chi connectivity index (χ1n) is 12.1. The molecule has 0 heterocycles. The van der Waals surface area contributed by atoms with Crippen molar-refractivity contribution >= 4 is 17.7 Å². The van der Waals surface area contributed by atoms with Crippen molar-refractivity contribution in [3.63, 3.8) is 0 Å². The Bertz CT molecular complexity index is 884. The van der Waals surface area contributed by atoms with Gasteiger partial charge in [0.2, 0.25) is 0 Å².